The van der Waals surface area contributed by atoms with Crippen molar-refractivity contribution in [2.45, 2.75) is 46.1 Å². The van der Waals surface area contributed by atoms with Crippen molar-refractivity contribution in [3.63, 3.8) is 0 Å². The lowest BCUT2D eigenvalue weighted by molar-refractivity contribution is -0.110. The third kappa shape index (κ3) is 3.91. The van der Waals surface area contributed by atoms with Crippen molar-refractivity contribution in [1.82, 2.24) is 4.90 Å². The predicted octanol–water partition coefficient (Wildman–Crippen LogP) is 2.28. The zero-order valence-corrected chi connectivity index (χ0v) is 15.3. The van der Waals surface area contributed by atoms with Gasteiger partial charge in [-0.05, 0) is 30.6 Å². The Bertz CT molecular complexity index is 342. The van der Waals surface area contributed by atoms with Crippen LogP contribution < -0.4 is 0 Å². The summed E-state index contributed by atoms with van der Waals surface area (Å²) in [6.07, 6.45) is 3.85. The molecule has 6 heteroatoms. The molecule has 1 saturated carbocycles. The molecule has 0 aromatic heterocycles. The molecule has 4 aliphatic rings. The van der Waals surface area contributed by atoms with Crippen LogP contribution in [0.3, 0.4) is 0 Å². The molecular weight excluding hydrogens is 298 g/mol. The van der Waals surface area contributed by atoms with E-state index in [1.165, 1.54) is 12.8 Å². The van der Waals surface area contributed by atoms with E-state index in [9.17, 15) is 0 Å². The van der Waals surface area contributed by atoms with Crippen molar-refractivity contribution < 1.29 is 17.7 Å². The molecule has 3 atom stereocenters. The van der Waals surface area contributed by atoms with Crippen molar-refractivity contribution in [3.8, 4) is 0 Å². The van der Waals surface area contributed by atoms with E-state index in [4.69, 9.17) is 17.7 Å². The molecule has 0 spiro atoms. The number of nitrogens with zero attached hydrogens (tertiary/aromatic N) is 1. The van der Waals surface area contributed by atoms with Gasteiger partial charge in [-0.25, -0.2) is 0 Å². The highest BCUT2D eigenvalue weighted by molar-refractivity contribution is 6.53. The van der Waals surface area contributed by atoms with E-state index >= 15 is 0 Å². The van der Waals surface area contributed by atoms with Crippen LogP contribution in [0.15, 0.2) is 0 Å². The van der Waals surface area contributed by atoms with Crippen LogP contribution in [0.25, 0.3) is 0 Å². The van der Waals surface area contributed by atoms with Gasteiger partial charge < -0.3 is 17.7 Å². The van der Waals surface area contributed by atoms with Gasteiger partial charge in [-0.3, -0.25) is 4.90 Å². The van der Waals surface area contributed by atoms with Gasteiger partial charge in [0.2, 0.25) is 0 Å². The van der Waals surface area contributed by atoms with Gasteiger partial charge in [0.15, 0.2) is 0 Å². The Morgan fingerprint density at radius 3 is 2.14 bits per heavy atom. The van der Waals surface area contributed by atoms with Gasteiger partial charge in [0.25, 0.3) is 0 Å². The summed E-state index contributed by atoms with van der Waals surface area (Å²) in [6.45, 7) is 11.8. The van der Waals surface area contributed by atoms with E-state index in [-0.39, 0.29) is 6.10 Å². The highest BCUT2D eigenvalue weighted by Gasteiger charge is 2.51. The summed E-state index contributed by atoms with van der Waals surface area (Å²) in [5, 5.41) is 0. The van der Waals surface area contributed by atoms with E-state index in [1.54, 1.807) is 0 Å². The number of rotatable bonds is 3. The number of hydrogen-bond acceptors (Lipinski definition) is 5. The summed E-state index contributed by atoms with van der Waals surface area (Å²) < 4.78 is 24.6. The fraction of sp³-hybridized carbons (Fsp3) is 1.00. The minimum atomic E-state index is -2.96. The van der Waals surface area contributed by atoms with Crippen LogP contribution in [0.1, 0.15) is 40.0 Å². The van der Waals surface area contributed by atoms with Gasteiger partial charge in [0.1, 0.15) is 0 Å². The lowest BCUT2D eigenvalue weighted by Gasteiger charge is -2.43. The third-order valence-corrected chi connectivity index (χ3v) is 7.58. The summed E-state index contributed by atoms with van der Waals surface area (Å²) in [7, 11) is -2.96. The first-order valence-electron chi connectivity index (χ1n) is 8.90. The highest BCUT2D eigenvalue weighted by Crippen LogP contribution is 2.37. The van der Waals surface area contributed by atoms with Gasteiger partial charge in [-0.1, -0.05) is 27.2 Å². The smallest absolute Gasteiger partial charge is 0.350 e. The van der Waals surface area contributed by atoms with Crippen molar-refractivity contribution in [1.29, 1.82) is 0 Å². The Labute approximate surface area is 135 Å². The van der Waals surface area contributed by atoms with Crippen LogP contribution >= 0.6 is 0 Å². The Balaban J connectivity index is 1.72. The predicted molar refractivity (Wildman–Crippen MR) is 86.3 cm³/mol. The molecule has 4 rings (SSSR count). The molecule has 3 aliphatic heterocycles. The second kappa shape index (κ2) is 7.28. The molecular formula is C16H31NO4Si. The molecule has 0 aromatic rings. The second-order valence-electron chi connectivity index (χ2n) is 7.37. The molecule has 3 heterocycles. The molecule has 4 fully saturated rings. The first-order chi connectivity index (χ1) is 10.6. The first-order valence-corrected chi connectivity index (χ1v) is 10.5. The highest BCUT2D eigenvalue weighted by atomic mass is 28.4. The van der Waals surface area contributed by atoms with E-state index < -0.39 is 9.05 Å². The molecule has 0 aromatic carbocycles. The average Bonchev–Trinajstić information content (AvgIpc) is 2.39. The molecule has 3 saturated heterocycles. The van der Waals surface area contributed by atoms with Crippen LogP contribution in [0.2, 0.25) is 0 Å². The minimum Gasteiger partial charge on any atom is -0.350 e. The summed E-state index contributed by atoms with van der Waals surface area (Å²) in [5.74, 6) is 1.92. The van der Waals surface area contributed by atoms with Crippen molar-refractivity contribution in [2.24, 2.45) is 17.8 Å². The first kappa shape index (κ1) is 16.9. The average molecular weight is 330 g/mol. The fourth-order valence-electron chi connectivity index (χ4n) is 3.90. The summed E-state index contributed by atoms with van der Waals surface area (Å²) in [4.78, 5) is 2.33. The maximum absolute atomic E-state index is 6.52. The van der Waals surface area contributed by atoms with Gasteiger partial charge in [-0.2, -0.15) is 0 Å². The van der Waals surface area contributed by atoms with Gasteiger partial charge in [0, 0.05) is 19.6 Å². The maximum Gasteiger partial charge on any atom is 0.680 e. The van der Waals surface area contributed by atoms with Crippen LogP contribution in [-0.2, 0) is 17.7 Å². The van der Waals surface area contributed by atoms with E-state index in [1.807, 2.05) is 0 Å². The lowest BCUT2D eigenvalue weighted by atomic mass is 9.75. The molecule has 0 unspecified atom stereocenters. The molecule has 0 radical (unpaired) electrons. The van der Waals surface area contributed by atoms with Crippen LogP contribution in [-0.4, -0.2) is 59.5 Å². The minimum absolute atomic E-state index is 0.213. The molecule has 2 bridgehead atoms. The normalized spacial score (nSPS) is 43.6. The number of hydrogen-bond donors (Lipinski definition) is 0. The second-order valence-corrected chi connectivity index (χ2v) is 9.47. The molecule has 0 N–H and O–H groups in total. The van der Waals surface area contributed by atoms with Crippen molar-refractivity contribution in [3.05, 3.63) is 0 Å². The molecule has 0 amide bonds. The maximum atomic E-state index is 6.52. The largest absolute Gasteiger partial charge is 0.680 e. The van der Waals surface area contributed by atoms with E-state index in [0.29, 0.717) is 37.6 Å². The summed E-state index contributed by atoms with van der Waals surface area (Å²) >= 11 is 0. The van der Waals surface area contributed by atoms with Gasteiger partial charge in [0.05, 0.1) is 25.9 Å². The van der Waals surface area contributed by atoms with Crippen LogP contribution in [0.4, 0.5) is 0 Å². The number of fused-ring (bicyclic) bond motifs is 6. The fourth-order valence-corrected chi connectivity index (χ4v) is 6.02. The van der Waals surface area contributed by atoms with Gasteiger partial charge >= 0.3 is 9.05 Å². The third-order valence-electron chi connectivity index (χ3n) is 5.32. The van der Waals surface area contributed by atoms with Crippen LogP contribution in [0, 0.1) is 17.8 Å². The SMILES string of the molecule is CC(C)[C@@H]1CC[C@@H](C)C[C@H]1O[Si]12OCCN(CCO1)CCO2. The molecule has 128 valence electrons. The zero-order valence-electron chi connectivity index (χ0n) is 14.3. The van der Waals surface area contributed by atoms with Crippen LogP contribution in [0.5, 0.6) is 0 Å². The standard InChI is InChI=1S/C16H31NO4Si/c1-13(2)15-5-4-14(3)12-16(15)21-22-18-9-6-17(7-10-19-22)8-11-20-22/h13-16H,4-12H2,1-3H3/t14-,15+,16-/m1/s1. The molecule has 5 nitrogen and oxygen atoms in total. The Kier molecular flexibility index (Phi) is 5.58. The van der Waals surface area contributed by atoms with E-state index in [0.717, 1.165) is 26.1 Å². The van der Waals surface area contributed by atoms with Crippen molar-refractivity contribution in [2.75, 3.05) is 39.5 Å². The lowest BCUT2D eigenvalue weighted by Crippen LogP contribution is -2.59. The quantitative estimate of drug-likeness (QED) is 0.743. The van der Waals surface area contributed by atoms with Gasteiger partial charge in [-0.15, -0.1) is 0 Å². The topological polar surface area (TPSA) is 40.2 Å². The Hall–Kier alpha value is 0.0169. The van der Waals surface area contributed by atoms with E-state index in [2.05, 4.69) is 25.7 Å². The summed E-state index contributed by atoms with van der Waals surface area (Å²) in [6, 6.07) is 0. The Morgan fingerprint density at radius 1 is 1.00 bits per heavy atom. The molecule has 22 heavy (non-hydrogen) atoms. The Morgan fingerprint density at radius 2 is 1.59 bits per heavy atom. The monoisotopic (exact) mass is 329 g/mol. The molecule has 1 aliphatic carbocycles. The summed E-state index contributed by atoms with van der Waals surface area (Å²) in [5.41, 5.74) is 0. The van der Waals surface area contributed by atoms with Crippen molar-refractivity contribution >= 4 is 9.05 Å². The zero-order chi connectivity index (χ0) is 15.6.